The number of cyclic esters (lactones) is 1. The van der Waals surface area contributed by atoms with Gasteiger partial charge in [0.1, 0.15) is 47.3 Å². The van der Waals surface area contributed by atoms with E-state index in [1.165, 1.54) is 72.6 Å². The summed E-state index contributed by atoms with van der Waals surface area (Å²) >= 11 is 1.52. The molecule has 6 amide bonds. The van der Waals surface area contributed by atoms with Crippen molar-refractivity contribution >= 4 is 59.0 Å². The van der Waals surface area contributed by atoms with Crippen LogP contribution in [-0.2, 0) is 38.3 Å². The van der Waals surface area contributed by atoms with Crippen LogP contribution >= 0.6 is 11.8 Å². The van der Waals surface area contributed by atoms with E-state index in [9.17, 15) is 43.5 Å². The summed E-state index contributed by atoms with van der Waals surface area (Å²) < 4.78 is 5.86. The molecule has 4 heterocycles. The normalized spacial score (nSPS) is 29.0. The van der Waals surface area contributed by atoms with Crippen molar-refractivity contribution in [3.63, 3.8) is 0 Å². The molecule has 8 atom stereocenters. The molecule has 318 valence electrons. The summed E-state index contributed by atoms with van der Waals surface area (Å²) in [6.07, 6.45) is 0.225. The fourth-order valence-electron chi connectivity index (χ4n) is 7.53. The number of hydrogen-bond acceptors (Lipinski definition) is 12. The van der Waals surface area contributed by atoms with Crippen molar-refractivity contribution in [2.24, 2.45) is 5.92 Å². The summed E-state index contributed by atoms with van der Waals surface area (Å²) in [7, 11) is 1.44. The monoisotopic (exact) mass is 835 g/mol. The summed E-state index contributed by atoms with van der Waals surface area (Å²) in [6.45, 7) is 8.02. The van der Waals surface area contributed by atoms with Crippen LogP contribution in [0.5, 0.6) is 5.75 Å². The van der Waals surface area contributed by atoms with Crippen LogP contribution in [-0.4, -0.2) is 139 Å². The largest absolute Gasteiger partial charge is 0.505 e. The number of nitrogens with one attached hydrogen (secondary N) is 3. The molecule has 0 radical (unpaired) electrons. The van der Waals surface area contributed by atoms with Crippen LogP contribution < -0.4 is 16.0 Å². The molecule has 4 N–H and O–H groups in total. The Morgan fingerprint density at radius 1 is 0.983 bits per heavy atom. The molecule has 2 aromatic rings. The Bertz CT molecular complexity index is 1950. The van der Waals surface area contributed by atoms with Crippen molar-refractivity contribution in [1.82, 2.24) is 35.6 Å². The summed E-state index contributed by atoms with van der Waals surface area (Å²) in [5.74, 6) is -5.68. The van der Waals surface area contributed by atoms with Crippen molar-refractivity contribution < 1.29 is 48.2 Å². The number of Topliss-reactive ketones (excluding diaryl/α,β-unsaturated/α-hetero) is 1. The van der Waals surface area contributed by atoms with Crippen LogP contribution in [0.15, 0.2) is 48.7 Å². The molecule has 59 heavy (non-hydrogen) atoms. The van der Waals surface area contributed by atoms with Crippen LogP contribution in [0.3, 0.4) is 0 Å². The Kier molecular flexibility index (Phi) is 14.4. The molecule has 3 fully saturated rings. The molecule has 3 saturated heterocycles. The number of likely N-dealkylation sites (N-methyl/N-ethyl adjacent to an activating group) is 1. The SMILES string of the molecule is CCSCC1CN2C(=O)[C@H](C)N(C)C(=O)[C@@H]3CCCN3C(=O)C(C)(CC)NC(=O)[C@@H](NC(=O)c3ncccc3O)[C@@H](C)OC(=O)[C@H](c3ccccc3)NC(=O)[C@@H]2CC1=O. The van der Waals surface area contributed by atoms with Gasteiger partial charge in [0.05, 0.1) is 0 Å². The van der Waals surface area contributed by atoms with Crippen LogP contribution in [0.4, 0.5) is 0 Å². The quantitative estimate of drug-likeness (QED) is 0.290. The predicted octanol–water partition coefficient (Wildman–Crippen LogP) is 1.35. The minimum atomic E-state index is -1.69. The molecule has 5 rings (SSSR count). The van der Waals surface area contributed by atoms with Crippen molar-refractivity contribution in [3.05, 3.63) is 59.9 Å². The van der Waals surface area contributed by atoms with Gasteiger partial charge in [0.15, 0.2) is 11.7 Å². The van der Waals surface area contributed by atoms with E-state index in [4.69, 9.17) is 4.74 Å². The minimum Gasteiger partial charge on any atom is -0.505 e. The number of fused-ring (bicyclic) bond motifs is 2. The Morgan fingerprint density at radius 3 is 2.36 bits per heavy atom. The van der Waals surface area contributed by atoms with Crippen LogP contribution in [0.1, 0.15) is 82.4 Å². The number of piperidine rings is 1. The lowest BCUT2D eigenvalue weighted by Gasteiger charge is -2.41. The first-order valence-corrected chi connectivity index (χ1v) is 21.0. The van der Waals surface area contributed by atoms with Gasteiger partial charge < -0.3 is 40.5 Å². The van der Waals surface area contributed by atoms with E-state index in [2.05, 4.69) is 20.9 Å². The molecule has 3 aliphatic heterocycles. The third kappa shape index (κ3) is 9.69. The van der Waals surface area contributed by atoms with Crippen LogP contribution in [0, 0.1) is 5.92 Å². The first kappa shape index (κ1) is 44.6. The zero-order valence-corrected chi connectivity index (χ0v) is 35.0. The molecular weight excluding hydrogens is 783 g/mol. The molecular formula is C41H53N7O10S. The van der Waals surface area contributed by atoms with Gasteiger partial charge >= 0.3 is 5.97 Å². The van der Waals surface area contributed by atoms with Gasteiger partial charge in [-0.2, -0.15) is 11.8 Å². The second kappa shape index (κ2) is 19.0. The van der Waals surface area contributed by atoms with Crippen molar-refractivity contribution in [2.45, 2.75) is 102 Å². The predicted molar refractivity (Wildman–Crippen MR) is 215 cm³/mol. The molecule has 1 aromatic heterocycles. The summed E-state index contributed by atoms with van der Waals surface area (Å²) in [4.78, 5) is 121. The summed E-state index contributed by atoms with van der Waals surface area (Å²) in [6, 6.07) is 4.00. The number of amides is 6. The maximum Gasteiger partial charge on any atom is 0.333 e. The Labute approximate surface area is 347 Å². The third-order valence-corrected chi connectivity index (χ3v) is 12.5. The molecule has 17 nitrogen and oxygen atoms in total. The smallest absolute Gasteiger partial charge is 0.333 e. The third-order valence-electron chi connectivity index (χ3n) is 11.4. The highest BCUT2D eigenvalue weighted by Crippen LogP contribution is 2.29. The second-order valence-corrected chi connectivity index (χ2v) is 16.6. The van der Waals surface area contributed by atoms with Gasteiger partial charge in [-0.1, -0.05) is 44.2 Å². The van der Waals surface area contributed by atoms with E-state index in [-0.39, 0.29) is 43.7 Å². The van der Waals surface area contributed by atoms with Gasteiger partial charge in [-0.25, -0.2) is 9.78 Å². The average molecular weight is 836 g/mol. The van der Waals surface area contributed by atoms with Crippen molar-refractivity contribution in [1.29, 1.82) is 0 Å². The highest BCUT2D eigenvalue weighted by atomic mass is 32.2. The number of pyridine rings is 1. The lowest BCUT2D eigenvalue weighted by atomic mass is 9.91. The number of aromatic nitrogens is 1. The topological polar surface area (TPSA) is 225 Å². The zero-order chi connectivity index (χ0) is 43.2. The number of thioether (sulfide) groups is 1. The summed E-state index contributed by atoms with van der Waals surface area (Å²) in [5.41, 5.74) is -1.79. The molecule has 18 heteroatoms. The van der Waals surface area contributed by atoms with Crippen LogP contribution in [0.2, 0.25) is 0 Å². The number of rotatable bonds is 7. The molecule has 0 aliphatic carbocycles. The van der Waals surface area contributed by atoms with Gasteiger partial charge in [0, 0.05) is 44.4 Å². The van der Waals surface area contributed by atoms with Gasteiger partial charge in [-0.3, -0.25) is 33.6 Å². The van der Waals surface area contributed by atoms with Crippen molar-refractivity contribution in [2.75, 3.05) is 31.6 Å². The number of hydrogen-bond donors (Lipinski definition) is 4. The molecule has 1 aromatic carbocycles. The summed E-state index contributed by atoms with van der Waals surface area (Å²) in [5, 5.41) is 18.3. The number of esters is 1. The fourth-order valence-corrected chi connectivity index (χ4v) is 8.35. The highest BCUT2D eigenvalue weighted by Gasteiger charge is 2.48. The van der Waals surface area contributed by atoms with E-state index in [1.54, 1.807) is 37.3 Å². The molecule has 3 aliphatic rings. The second-order valence-electron chi connectivity index (χ2n) is 15.3. The fraction of sp³-hybridized carbons (Fsp3) is 0.537. The van der Waals surface area contributed by atoms with Crippen molar-refractivity contribution in [3.8, 4) is 5.75 Å². The maximum absolute atomic E-state index is 14.5. The maximum atomic E-state index is 14.5. The zero-order valence-electron chi connectivity index (χ0n) is 34.1. The number of carbonyl (C=O) groups is 8. The van der Waals surface area contributed by atoms with E-state index >= 15 is 0 Å². The molecule has 0 bridgehead atoms. The van der Waals surface area contributed by atoms with Crippen LogP contribution in [0.25, 0.3) is 0 Å². The van der Waals surface area contributed by atoms with Gasteiger partial charge in [-0.15, -0.1) is 0 Å². The highest BCUT2D eigenvalue weighted by molar-refractivity contribution is 7.99. The van der Waals surface area contributed by atoms with Gasteiger partial charge in [0.2, 0.25) is 29.5 Å². The Balaban J connectivity index is 1.61. The van der Waals surface area contributed by atoms with Gasteiger partial charge in [0.25, 0.3) is 5.91 Å². The average Bonchev–Trinajstić information content (AvgIpc) is 3.72. The number of ether oxygens (including phenoxy) is 1. The van der Waals surface area contributed by atoms with E-state index < -0.39 is 101 Å². The standard InChI is InChI=1S/C41H53N7O10S/c1-7-41(5)40(57)47-19-13-16-27(47)38(55)46(6)23(3)37(54)48-21-26(22-59-8-2)30(50)20-28(48)34(51)44-32(25-14-10-9-11-15-25)39(56)58-24(4)31(36(53)45-41)43-35(52)33-29(49)17-12-18-42-33/h9-12,14-15,17-18,23-24,26-28,31-32,49H,7-8,13,16,19-22H2,1-6H3,(H,43,52)(H,44,51)(H,45,53)/t23-,24+,26?,27-,28-,31-,32-,41?/m0/s1. The number of carbonyl (C=O) groups excluding carboxylic acids is 8. The van der Waals surface area contributed by atoms with Gasteiger partial charge in [-0.05, 0) is 63.5 Å². The molecule has 0 spiro atoms. The number of benzene rings is 1. The Morgan fingerprint density at radius 2 is 1.69 bits per heavy atom. The molecule has 0 saturated carbocycles. The lowest BCUT2D eigenvalue weighted by Crippen LogP contribution is -2.64. The first-order chi connectivity index (χ1) is 28.0. The number of nitrogens with zero attached hydrogens (tertiary/aromatic N) is 4. The van der Waals surface area contributed by atoms with E-state index in [0.717, 1.165) is 5.75 Å². The first-order valence-electron chi connectivity index (χ1n) is 19.8. The van der Waals surface area contributed by atoms with E-state index in [1.807, 2.05) is 6.92 Å². The Hall–Kier alpha value is -5.52. The molecule has 2 unspecified atom stereocenters. The minimum absolute atomic E-state index is 0.0459. The lowest BCUT2D eigenvalue weighted by molar-refractivity contribution is -0.157. The number of ketones is 1. The van der Waals surface area contributed by atoms with E-state index in [0.29, 0.717) is 12.2 Å². The number of aromatic hydroxyl groups is 1.